The van der Waals surface area contributed by atoms with Crippen molar-refractivity contribution in [3.05, 3.63) is 59.7 Å². The molecule has 0 saturated carbocycles. The molecule has 0 unspecified atom stereocenters. The highest BCUT2D eigenvalue weighted by Crippen LogP contribution is 2.40. The summed E-state index contributed by atoms with van der Waals surface area (Å²) in [5.74, 6) is -0.845. The van der Waals surface area contributed by atoms with Crippen LogP contribution in [0.3, 0.4) is 0 Å². The zero-order valence-corrected chi connectivity index (χ0v) is 17.1. The monoisotopic (exact) mass is 409 g/mol. The molecule has 0 aliphatic carbocycles. The van der Waals surface area contributed by atoms with Gasteiger partial charge in [-0.2, -0.15) is 13.2 Å². The number of rotatable bonds is 8. The number of piperidine rings is 1. The quantitative estimate of drug-likeness (QED) is 0.530. The first-order chi connectivity index (χ1) is 13.5. The largest absolute Gasteiger partial charge is 0.481 e. The van der Waals surface area contributed by atoms with E-state index in [4.69, 9.17) is 0 Å². The Hall–Kier alpha value is -2.08. The van der Waals surface area contributed by atoms with Crippen LogP contribution in [0.4, 0.5) is 13.2 Å². The van der Waals surface area contributed by atoms with Gasteiger partial charge < -0.3 is 5.11 Å². The van der Waals surface area contributed by atoms with Gasteiger partial charge in [0, 0.05) is 24.9 Å². The molecule has 1 aromatic carbocycles. The fourth-order valence-electron chi connectivity index (χ4n) is 4.10. The highest BCUT2D eigenvalue weighted by molar-refractivity contribution is 5.67. The van der Waals surface area contributed by atoms with Gasteiger partial charge in [0.1, 0.15) is 0 Å². The summed E-state index contributed by atoms with van der Waals surface area (Å²) in [4.78, 5) is 13.3. The summed E-state index contributed by atoms with van der Waals surface area (Å²) in [6.07, 6.45) is -3.90. The highest BCUT2D eigenvalue weighted by atomic mass is 19.4. The number of alkyl halides is 3. The Bertz CT molecular complexity index is 739. The molecule has 3 atom stereocenters. The molecule has 0 amide bonds. The molecule has 1 N–H and O–H groups in total. The van der Waals surface area contributed by atoms with Crippen molar-refractivity contribution in [3.8, 4) is 0 Å². The molecule has 2 rings (SSSR count). The van der Waals surface area contributed by atoms with Crippen molar-refractivity contribution >= 4 is 5.97 Å². The Labute approximate surface area is 170 Å². The number of hydrogen-bond donors (Lipinski definition) is 1. The summed E-state index contributed by atoms with van der Waals surface area (Å²) >= 11 is 0. The third-order valence-corrected chi connectivity index (χ3v) is 5.73. The number of carboxylic acids is 1. The zero-order valence-electron chi connectivity index (χ0n) is 17.1. The van der Waals surface area contributed by atoms with Crippen molar-refractivity contribution in [1.29, 1.82) is 0 Å². The van der Waals surface area contributed by atoms with E-state index in [2.05, 4.69) is 18.1 Å². The number of likely N-dealkylation sites (tertiary alicyclic amines) is 1. The van der Waals surface area contributed by atoms with E-state index < -0.39 is 24.6 Å². The van der Waals surface area contributed by atoms with Gasteiger partial charge in [0.25, 0.3) is 0 Å². The van der Waals surface area contributed by atoms with Crippen LogP contribution in [0.15, 0.2) is 48.6 Å². The SMILES string of the molecule is C=C(C)C(=C)[C@H](CCC(F)(F)F)N1CC[C@@H](CC(=O)O)C[C@H]1c1ccc(C)cc1. The first kappa shape index (κ1) is 23.2. The van der Waals surface area contributed by atoms with E-state index in [0.717, 1.165) is 11.1 Å². The summed E-state index contributed by atoms with van der Waals surface area (Å²) in [5.41, 5.74) is 3.38. The number of halogens is 3. The Morgan fingerprint density at radius 2 is 1.90 bits per heavy atom. The van der Waals surface area contributed by atoms with Gasteiger partial charge in [0.2, 0.25) is 0 Å². The maximum absolute atomic E-state index is 13.0. The van der Waals surface area contributed by atoms with E-state index in [1.54, 1.807) is 6.92 Å². The molecular formula is C23H30F3NO2. The number of aliphatic carboxylic acids is 1. The van der Waals surface area contributed by atoms with Crippen LogP contribution in [0.25, 0.3) is 0 Å². The molecule has 29 heavy (non-hydrogen) atoms. The van der Waals surface area contributed by atoms with E-state index >= 15 is 0 Å². The summed E-state index contributed by atoms with van der Waals surface area (Å²) in [6, 6.07) is 7.30. The lowest BCUT2D eigenvalue weighted by Crippen LogP contribution is -2.45. The summed E-state index contributed by atoms with van der Waals surface area (Å²) < 4.78 is 38.9. The van der Waals surface area contributed by atoms with Crippen LogP contribution in [0, 0.1) is 12.8 Å². The molecule has 1 aliphatic heterocycles. The van der Waals surface area contributed by atoms with E-state index in [1.165, 1.54) is 0 Å². The molecule has 1 aromatic rings. The molecule has 1 heterocycles. The lowest BCUT2D eigenvalue weighted by atomic mass is 9.82. The molecule has 1 aliphatic rings. The minimum Gasteiger partial charge on any atom is -0.481 e. The van der Waals surface area contributed by atoms with E-state index in [-0.39, 0.29) is 24.8 Å². The van der Waals surface area contributed by atoms with Crippen LogP contribution in [-0.2, 0) is 4.79 Å². The van der Waals surface area contributed by atoms with Crippen molar-refractivity contribution in [2.24, 2.45) is 5.92 Å². The molecule has 0 aromatic heterocycles. The second-order valence-electron chi connectivity index (χ2n) is 8.13. The van der Waals surface area contributed by atoms with Crippen LogP contribution in [0.1, 0.15) is 56.2 Å². The van der Waals surface area contributed by atoms with Gasteiger partial charge in [0.15, 0.2) is 0 Å². The van der Waals surface area contributed by atoms with E-state index in [1.807, 2.05) is 31.2 Å². The Morgan fingerprint density at radius 1 is 1.28 bits per heavy atom. The van der Waals surface area contributed by atoms with Gasteiger partial charge in [-0.05, 0) is 56.7 Å². The number of hydrogen-bond acceptors (Lipinski definition) is 2. The predicted molar refractivity (Wildman–Crippen MR) is 109 cm³/mol. The second-order valence-corrected chi connectivity index (χ2v) is 8.13. The number of carbonyl (C=O) groups is 1. The maximum atomic E-state index is 13.0. The zero-order chi connectivity index (χ0) is 21.8. The van der Waals surface area contributed by atoms with Gasteiger partial charge in [-0.25, -0.2) is 0 Å². The fraction of sp³-hybridized carbons (Fsp3) is 0.522. The smallest absolute Gasteiger partial charge is 0.389 e. The molecule has 0 radical (unpaired) electrons. The minimum atomic E-state index is -4.24. The first-order valence-electron chi connectivity index (χ1n) is 9.93. The topological polar surface area (TPSA) is 40.5 Å². The van der Waals surface area contributed by atoms with E-state index in [9.17, 15) is 23.1 Å². The highest BCUT2D eigenvalue weighted by Gasteiger charge is 2.38. The van der Waals surface area contributed by atoms with Crippen molar-refractivity contribution in [2.45, 2.75) is 64.2 Å². The second kappa shape index (κ2) is 9.61. The fourth-order valence-corrected chi connectivity index (χ4v) is 4.10. The molecule has 6 heteroatoms. The number of benzene rings is 1. The molecule has 0 bridgehead atoms. The summed E-state index contributed by atoms with van der Waals surface area (Å²) in [6.45, 7) is 12.2. The Morgan fingerprint density at radius 3 is 2.41 bits per heavy atom. The van der Waals surface area contributed by atoms with Gasteiger partial charge in [-0.3, -0.25) is 9.69 Å². The summed E-state index contributed by atoms with van der Waals surface area (Å²) in [7, 11) is 0. The normalized spacial score (nSPS) is 21.6. The third-order valence-electron chi connectivity index (χ3n) is 5.73. The Balaban J connectivity index is 2.36. The average molecular weight is 409 g/mol. The van der Waals surface area contributed by atoms with Crippen LogP contribution in [-0.4, -0.2) is 34.7 Å². The molecule has 1 saturated heterocycles. The van der Waals surface area contributed by atoms with Gasteiger partial charge in [-0.1, -0.05) is 48.6 Å². The molecular weight excluding hydrogens is 379 g/mol. The van der Waals surface area contributed by atoms with Crippen LogP contribution in [0.5, 0.6) is 0 Å². The maximum Gasteiger partial charge on any atom is 0.389 e. The number of carboxylic acid groups (broad SMARTS) is 1. The van der Waals surface area contributed by atoms with Crippen molar-refractivity contribution in [2.75, 3.05) is 6.54 Å². The lowest BCUT2D eigenvalue weighted by Gasteiger charge is -2.45. The number of aryl methyl sites for hydroxylation is 1. The predicted octanol–water partition coefficient (Wildman–Crippen LogP) is 6.07. The molecule has 160 valence electrons. The summed E-state index contributed by atoms with van der Waals surface area (Å²) in [5, 5.41) is 9.20. The average Bonchev–Trinajstić information content (AvgIpc) is 2.61. The Kier molecular flexibility index (Phi) is 7.69. The van der Waals surface area contributed by atoms with Crippen molar-refractivity contribution in [3.63, 3.8) is 0 Å². The standard InChI is InChI=1S/C23H30F3NO2/c1-15(2)17(4)20(9-11-23(24,25)26)27-12-10-18(14-22(28)29)13-21(27)19-7-5-16(3)6-8-19/h5-8,18,20-21H,1,4,9-14H2,2-3H3,(H,28,29)/t18-,20+,21+/m1/s1. The molecule has 1 fully saturated rings. The van der Waals surface area contributed by atoms with Gasteiger partial charge in [-0.15, -0.1) is 0 Å². The van der Waals surface area contributed by atoms with Crippen molar-refractivity contribution < 1.29 is 23.1 Å². The number of nitrogens with zero attached hydrogens (tertiary/aromatic N) is 1. The van der Waals surface area contributed by atoms with E-state index in [0.29, 0.717) is 30.5 Å². The van der Waals surface area contributed by atoms with Crippen LogP contribution >= 0.6 is 0 Å². The van der Waals surface area contributed by atoms with Crippen molar-refractivity contribution in [1.82, 2.24) is 4.90 Å². The molecule has 3 nitrogen and oxygen atoms in total. The first-order valence-corrected chi connectivity index (χ1v) is 9.93. The minimum absolute atomic E-state index is 0.00332. The third kappa shape index (κ3) is 6.74. The van der Waals surface area contributed by atoms with Gasteiger partial charge in [0.05, 0.1) is 0 Å². The molecule has 0 spiro atoms. The lowest BCUT2D eigenvalue weighted by molar-refractivity contribution is -0.141. The van der Waals surface area contributed by atoms with Crippen LogP contribution in [0.2, 0.25) is 0 Å². The van der Waals surface area contributed by atoms with Gasteiger partial charge >= 0.3 is 12.1 Å². The van der Waals surface area contributed by atoms with Crippen LogP contribution < -0.4 is 0 Å².